The maximum atomic E-state index is 11.4. The van der Waals surface area contributed by atoms with Gasteiger partial charge in [0, 0.05) is 13.2 Å². The summed E-state index contributed by atoms with van der Waals surface area (Å²) in [5, 5.41) is 12.1. The van der Waals surface area contributed by atoms with Crippen LogP contribution < -0.4 is 5.32 Å². The Morgan fingerprint density at radius 2 is 2.00 bits per heavy atom. The van der Waals surface area contributed by atoms with Crippen LogP contribution in [0.15, 0.2) is 0 Å². The van der Waals surface area contributed by atoms with Crippen LogP contribution in [-0.4, -0.2) is 31.0 Å². The molecule has 1 saturated carbocycles. The quantitative estimate of drug-likeness (QED) is 0.778. The molecule has 0 bridgehead atoms. The van der Waals surface area contributed by atoms with Crippen molar-refractivity contribution in [2.24, 2.45) is 17.8 Å². The third-order valence-corrected chi connectivity index (χ3v) is 3.36. The van der Waals surface area contributed by atoms with Crippen LogP contribution in [0.3, 0.4) is 0 Å². The van der Waals surface area contributed by atoms with Crippen LogP contribution in [-0.2, 0) is 4.74 Å². The molecule has 4 heteroatoms. The van der Waals surface area contributed by atoms with Crippen LogP contribution in [0.5, 0.6) is 0 Å². The molecule has 2 unspecified atom stereocenters. The van der Waals surface area contributed by atoms with Crippen molar-refractivity contribution >= 4 is 6.09 Å². The van der Waals surface area contributed by atoms with Crippen molar-refractivity contribution in [1.82, 2.24) is 5.32 Å². The Morgan fingerprint density at radius 1 is 1.35 bits per heavy atom. The van der Waals surface area contributed by atoms with Gasteiger partial charge in [-0.1, -0.05) is 26.7 Å². The number of carbonyl (C=O) groups excluding carboxylic acids is 1. The Hall–Kier alpha value is -0.770. The SMILES string of the molecule is CC(C)COC(=O)NCC1CCCCC1CO. The lowest BCUT2D eigenvalue weighted by molar-refractivity contribution is 0.114. The van der Waals surface area contributed by atoms with Gasteiger partial charge in [-0.25, -0.2) is 4.79 Å². The van der Waals surface area contributed by atoms with Crippen molar-refractivity contribution in [3.8, 4) is 0 Å². The molecule has 1 rings (SSSR count). The van der Waals surface area contributed by atoms with Gasteiger partial charge in [0.15, 0.2) is 0 Å². The third kappa shape index (κ3) is 5.39. The molecule has 4 nitrogen and oxygen atoms in total. The van der Waals surface area contributed by atoms with Crippen LogP contribution in [0, 0.1) is 17.8 Å². The topological polar surface area (TPSA) is 58.6 Å². The van der Waals surface area contributed by atoms with Gasteiger partial charge in [-0.15, -0.1) is 0 Å². The summed E-state index contributed by atoms with van der Waals surface area (Å²) in [6.45, 7) is 5.34. The van der Waals surface area contributed by atoms with Gasteiger partial charge in [-0.3, -0.25) is 0 Å². The number of alkyl carbamates (subject to hydrolysis) is 1. The van der Waals surface area contributed by atoms with E-state index < -0.39 is 0 Å². The zero-order valence-corrected chi connectivity index (χ0v) is 10.9. The second kappa shape index (κ2) is 7.54. The molecule has 0 aliphatic heterocycles. The molecular weight excluding hydrogens is 218 g/mol. The van der Waals surface area contributed by atoms with Gasteiger partial charge in [0.05, 0.1) is 6.61 Å². The second-order valence-corrected chi connectivity index (χ2v) is 5.36. The van der Waals surface area contributed by atoms with Crippen LogP contribution in [0.25, 0.3) is 0 Å². The van der Waals surface area contributed by atoms with E-state index in [0.29, 0.717) is 30.9 Å². The number of ether oxygens (including phenoxy) is 1. The molecule has 17 heavy (non-hydrogen) atoms. The Morgan fingerprint density at radius 3 is 2.59 bits per heavy atom. The molecule has 1 fully saturated rings. The van der Waals surface area contributed by atoms with Crippen LogP contribution in [0.4, 0.5) is 4.79 Å². The number of hydrogen-bond donors (Lipinski definition) is 2. The van der Waals surface area contributed by atoms with Crippen molar-refractivity contribution in [3.05, 3.63) is 0 Å². The van der Waals surface area contributed by atoms with Gasteiger partial charge in [-0.05, 0) is 30.6 Å². The van der Waals surface area contributed by atoms with Crippen LogP contribution in [0.1, 0.15) is 39.5 Å². The first-order valence-corrected chi connectivity index (χ1v) is 6.65. The highest BCUT2D eigenvalue weighted by atomic mass is 16.5. The highest BCUT2D eigenvalue weighted by molar-refractivity contribution is 5.67. The molecule has 0 aromatic rings. The first-order chi connectivity index (χ1) is 8.13. The van der Waals surface area contributed by atoms with E-state index in [1.807, 2.05) is 13.8 Å². The zero-order valence-electron chi connectivity index (χ0n) is 10.9. The van der Waals surface area contributed by atoms with Crippen molar-refractivity contribution < 1.29 is 14.6 Å². The van der Waals surface area contributed by atoms with E-state index in [0.717, 1.165) is 12.8 Å². The predicted molar refractivity (Wildman–Crippen MR) is 66.7 cm³/mol. The Bertz CT molecular complexity index is 231. The smallest absolute Gasteiger partial charge is 0.407 e. The zero-order chi connectivity index (χ0) is 12.7. The van der Waals surface area contributed by atoms with Crippen molar-refractivity contribution in [1.29, 1.82) is 0 Å². The largest absolute Gasteiger partial charge is 0.449 e. The fraction of sp³-hybridized carbons (Fsp3) is 0.923. The minimum atomic E-state index is -0.332. The van der Waals surface area contributed by atoms with Crippen molar-refractivity contribution in [2.45, 2.75) is 39.5 Å². The number of amides is 1. The highest BCUT2D eigenvalue weighted by Gasteiger charge is 2.24. The van der Waals surface area contributed by atoms with E-state index in [-0.39, 0.29) is 12.7 Å². The van der Waals surface area contributed by atoms with Gasteiger partial charge in [0.1, 0.15) is 0 Å². The summed E-state index contributed by atoms with van der Waals surface area (Å²) in [4.78, 5) is 11.4. The first-order valence-electron chi connectivity index (χ1n) is 6.65. The molecule has 1 aliphatic carbocycles. The average molecular weight is 243 g/mol. The summed E-state index contributed by atoms with van der Waals surface area (Å²) in [7, 11) is 0. The minimum absolute atomic E-state index is 0.230. The number of nitrogens with one attached hydrogen (secondary N) is 1. The molecular formula is C13H25NO3. The van der Waals surface area contributed by atoms with Crippen LogP contribution in [0.2, 0.25) is 0 Å². The van der Waals surface area contributed by atoms with Gasteiger partial charge >= 0.3 is 6.09 Å². The van der Waals surface area contributed by atoms with E-state index in [1.54, 1.807) is 0 Å². The molecule has 0 saturated heterocycles. The molecule has 100 valence electrons. The first kappa shape index (κ1) is 14.3. The van der Waals surface area contributed by atoms with E-state index >= 15 is 0 Å². The number of hydrogen-bond acceptors (Lipinski definition) is 3. The summed E-state index contributed by atoms with van der Waals surface area (Å²) in [6, 6.07) is 0. The maximum absolute atomic E-state index is 11.4. The number of aliphatic hydroxyl groups excluding tert-OH is 1. The predicted octanol–water partition coefficient (Wildman–Crippen LogP) is 2.17. The lowest BCUT2D eigenvalue weighted by Crippen LogP contribution is -2.36. The Balaban J connectivity index is 2.21. The fourth-order valence-corrected chi connectivity index (χ4v) is 2.30. The molecule has 0 aromatic heterocycles. The molecule has 0 heterocycles. The maximum Gasteiger partial charge on any atom is 0.407 e. The third-order valence-electron chi connectivity index (χ3n) is 3.36. The van der Waals surface area contributed by atoms with Crippen LogP contribution >= 0.6 is 0 Å². The average Bonchev–Trinajstić information content (AvgIpc) is 2.34. The molecule has 0 aromatic carbocycles. The Labute approximate surface area is 104 Å². The summed E-state index contributed by atoms with van der Waals surface area (Å²) >= 11 is 0. The number of carbonyl (C=O) groups is 1. The summed E-state index contributed by atoms with van der Waals surface area (Å²) in [6.07, 6.45) is 4.23. The molecule has 1 aliphatic rings. The minimum Gasteiger partial charge on any atom is -0.449 e. The number of aliphatic hydroxyl groups is 1. The van der Waals surface area contributed by atoms with E-state index in [2.05, 4.69) is 5.32 Å². The highest BCUT2D eigenvalue weighted by Crippen LogP contribution is 2.28. The summed E-state index contributed by atoms with van der Waals surface area (Å²) < 4.78 is 5.05. The fourth-order valence-electron chi connectivity index (χ4n) is 2.30. The summed E-state index contributed by atoms with van der Waals surface area (Å²) in [5.41, 5.74) is 0. The van der Waals surface area contributed by atoms with E-state index in [4.69, 9.17) is 4.74 Å². The molecule has 0 radical (unpaired) electrons. The monoisotopic (exact) mass is 243 g/mol. The van der Waals surface area contributed by atoms with Gasteiger partial charge in [0.25, 0.3) is 0 Å². The van der Waals surface area contributed by atoms with Crippen molar-refractivity contribution in [3.63, 3.8) is 0 Å². The van der Waals surface area contributed by atoms with Gasteiger partial charge in [0.2, 0.25) is 0 Å². The summed E-state index contributed by atoms with van der Waals surface area (Å²) in [5.74, 6) is 1.11. The van der Waals surface area contributed by atoms with Crippen molar-refractivity contribution in [2.75, 3.05) is 19.8 Å². The second-order valence-electron chi connectivity index (χ2n) is 5.36. The molecule has 0 spiro atoms. The van der Waals surface area contributed by atoms with Gasteiger partial charge < -0.3 is 15.2 Å². The standard InChI is InChI=1S/C13H25NO3/c1-10(2)9-17-13(16)14-7-11-5-3-4-6-12(11)8-15/h10-12,15H,3-9H2,1-2H3,(H,14,16). The van der Waals surface area contributed by atoms with Gasteiger partial charge in [-0.2, -0.15) is 0 Å². The lowest BCUT2D eigenvalue weighted by Gasteiger charge is -2.30. The number of rotatable bonds is 5. The Kier molecular flexibility index (Phi) is 6.34. The normalized spacial score (nSPS) is 24.7. The van der Waals surface area contributed by atoms with E-state index in [9.17, 15) is 9.90 Å². The molecule has 2 N–H and O–H groups in total. The molecule has 2 atom stereocenters. The molecule has 1 amide bonds. The lowest BCUT2D eigenvalue weighted by atomic mass is 9.80. The van der Waals surface area contributed by atoms with E-state index in [1.165, 1.54) is 12.8 Å².